The zero-order valence-corrected chi connectivity index (χ0v) is 15.1. The summed E-state index contributed by atoms with van der Waals surface area (Å²) in [5.41, 5.74) is 3.73. The molecule has 2 aromatic rings. The van der Waals surface area contributed by atoms with Crippen LogP contribution in [0.4, 0.5) is 0 Å². The number of rotatable bonds is 5. The molecule has 0 amide bonds. The van der Waals surface area contributed by atoms with E-state index < -0.39 is 0 Å². The number of H-pyrrole nitrogens is 1. The number of hydrogen-bond acceptors (Lipinski definition) is 3. The molecule has 0 saturated carbocycles. The Balaban J connectivity index is 1.73. The highest BCUT2D eigenvalue weighted by Crippen LogP contribution is 2.28. The van der Waals surface area contributed by atoms with Gasteiger partial charge in [0.1, 0.15) is 0 Å². The van der Waals surface area contributed by atoms with Crippen LogP contribution in [0.25, 0.3) is 11.0 Å². The molecular formula is C20H29N3O. The van der Waals surface area contributed by atoms with Crippen molar-refractivity contribution in [2.75, 3.05) is 13.1 Å². The van der Waals surface area contributed by atoms with Crippen molar-refractivity contribution < 1.29 is 0 Å². The average Bonchev–Trinajstić information content (AvgIpc) is 2.57. The smallest absolute Gasteiger partial charge is 0.251 e. The molecule has 1 N–H and O–H groups in total. The van der Waals surface area contributed by atoms with Crippen LogP contribution >= 0.6 is 0 Å². The monoisotopic (exact) mass is 327 g/mol. The molecular weight excluding hydrogens is 298 g/mol. The summed E-state index contributed by atoms with van der Waals surface area (Å²) >= 11 is 0. The number of nitrogens with one attached hydrogen (secondary N) is 1. The van der Waals surface area contributed by atoms with Crippen LogP contribution in [-0.4, -0.2) is 28.0 Å². The van der Waals surface area contributed by atoms with E-state index >= 15 is 0 Å². The maximum atomic E-state index is 12.0. The summed E-state index contributed by atoms with van der Waals surface area (Å²) in [5.74, 6) is 1.64. The number of hydrogen-bond donors (Lipinski definition) is 1. The van der Waals surface area contributed by atoms with Crippen molar-refractivity contribution in [1.82, 2.24) is 14.9 Å². The molecule has 1 aliphatic rings. The lowest BCUT2D eigenvalue weighted by Crippen LogP contribution is -2.38. The van der Waals surface area contributed by atoms with Gasteiger partial charge in [0, 0.05) is 24.8 Å². The largest absolute Gasteiger partial charge is 0.320 e. The van der Waals surface area contributed by atoms with Crippen molar-refractivity contribution in [3.8, 4) is 0 Å². The molecule has 1 aliphatic heterocycles. The Bertz CT molecular complexity index is 752. The van der Waals surface area contributed by atoms with Gasteiger partial charge in [-0.15, -0.1) is 0 Å². The highest BCUT2D eigenvalue weighted by molar-refractivity contribution is 5.74. The lowest BCUT2D eigenvalue weighted by molar-refractivity contribution is 0.117. The lowest BCUT2D eigenvalue weighted by Gasteiger charge is -2.37. The quantitative estimate of drug-likeness (QED) is 0.910. The molecule has 130 valence electrons. The fourth-order valence-corrected chi connectivity index (χ4v) is 4.00. The summed E-state index contributed by atoms with van der Waals surface area (Å²) in [6, 6.07) is 4.00. The van der Waals surface area contributed by atoms with Crippen LogP contribution in [0.15, 0.2) is 23.1 Å². The number of piperidine rings is 1. The first kappa shape index (κ1) is 17.2. The van der Waals surface area contributed by atoms with Gasteiger partial charge in [0.15, 0.2) is 0 Å². The van der Waals surface area contributed by atoms with Gasteiger partial charge >= 0.3 is 0 Å². The van der Waals surface area contributed by atoms with E-state index in [1.807, 2.05) is 19.2 Å². The maximum absolute atomic E-state index is 12.0. The minimum absolute atomic E-state index is 0.0120. The number of fused-ring (bicyclic) bond motifs is 1. The Hall–Kier alpha value is -1.68. The van der Waals surface area contributed by atoms with Crippen LogP contribution in [0.5, 0.6) is 0 Å². The standard InChI is InChI=1S/C20H29N3O/c1-4-6-17-7-8-23(12-14(17)3)13-15-9-19-18(21-11-15)10-16(5-2)20(24)22-19/h9-11,14,17H,4-8,12-13H2,1-3H3,(H,22,24)/t14?,17-/m1/s1. The van der Waals surface area contributed by atoms with Crippen molar-refractivity contribution in [2.45, 2.75) is 53.0 Å². The highest BCUT2D eigenvalue weighted by Gasteiger charge is 2.25. The van der Waals surface area contributed by atoms with Gasteiger partial charge < -0.3 is 4.98 Å². The first-order valence-corrected chi connectivity index (χ1v) is 9.33. The number of likely N-dealkylation sites (tertiary alicyclic amines) is 1. The fourth-order valence-electron chi connectivity index (χ4n) is 4.00. The number of aryl methyl sites for hydroxylation is 1. The van der Waals surface area contributed by atoms with Crippen molar-refractivity contribution in [2.24, 2.45) is 11.8 Å². The maximum Gasteiger partial charge on any atom is 0.251 e. The zero-order valence-electron chi connectivity index (χ0n) is 15.1. The molecule has 4 nitrogen and oxygen atoms in total. The van der Waals surface area contributed by atoms with Gasteiger partial charge in [0.2, 0.25) is 0 Å². The molecule has 3 heterocycles. The molecule has 0 bridgehead atoms. The van der Waals surface area contributed by atoms with Gasteiger partial charge in [-0.1, -0.05) is 33.6 Å². The van der Waals surface area contributed by atoms with Crippen LogP contribution < -0.4 is 5.56 Å². The third kappa shape index (κ3) is 3.69. The third-order valence-electron chi connectivity index (χ3n) is 5.44. The molecule has 1 saturated heterocycles. The Morgan fingerprint density at radius 1 is 1.33 bits per heavy atom. The second-order valence-electron chi connectivity index (χ2n) is 7.30. The van der Waals surface area contributed by atoms with Crippen LogP contribution in [0.1, 0.15) is 51.2 Å². The summed E-state index contributed by atoms with van der Waals surface area (Å²) in [5, 5.41) is 0. The van der Waals surface area contributed by atoms with Gasteiger partial charge in [0.05, 0.1) is 11.0 Å². The molecule has 24 heavy (non-hydrogen) atoms. The molecule has 1 fully saturated rings. The van der Waals surface area contributed by atoms with Gasteiger partial charge in [-0.25, -0.2) is 0 Å². The lowest BCUT2D eigenvalue weighted by atomic mass is 9.83. The molecule has 0 spiro atoms. The van der Waals surface area contributed by atoms with E-state index in [0.717, 1.165) is 47.9 Å². The van der Waals surface area contributed by atoms with E-state index in [1.165, 1.54) is 31.4 Å². The first-order chi connectivity index (χ1) is 11.6. The summed E-state index contributed by atoms with van der Waals surface area (Å²) in [6.07, 6.45) is 6.64. The summed E-state index contributed by atoms with van der Waals surface area (Å²) in [4.78, 5) is 22.1. The van der Waals surface area contributed by atoms with E-state index in [2.05, 4.69) is 34.8 Å². The first-order valence-electron chi connectivity index (χ1n) is 9.33. The minimum Gasteiger partial charge on any atom is -0.320 e. The van der Waals surface area contributed by atoms with Gasteiger partial charge in [-0.2, -0.15) is 0 Å². The normalized spacial score (nSPS) is 22.1. The van der Waals surface area contributed by atoms with Crippen molar-refractivity contribution >= 4 is 11.0 Å². The minimum atomic E-state index is 0.0120. The Kier molecular flexibility index (Phi) is 5.34. The van der Waals surface area contributed by atoms with E-state index in [9.17, 15) is 4.79 Å². The second kappa shape index (κ2) is 7.47. The van der Waals surface area contributed by atoms with Crippen molar-refractivity contribution in [3.05, 3.63) is 39.8 Å². The Morgan fingerprint density at radius 3 is 2.88 bits per heavy atom. The molecule has 4 heteroatoms. The van der Waals surface area contributed by atoms with E-state index in [1.54, 1.807) is 0 Å². The summed E-state index contributed by atoms with van der Waals surface area (Å²) < 4.78 is 0. The van der Waals surface area contributed by atoms with Crippen LogP contribution in [0.3, 0.4) is 0 Å². The molecule has 0 radical (unpaired) electrons. The van der Waals surface area contributed by atoms with Gasteiger partial charge in [-0.3, -0.25) is 14.7 Å². The number of aromatic amines is 1. The fraction of sp³-hybridized carbons (Fsp3) is 0.600. The average molecular weight is 327 g/mol. The topological polar surface area (TPSA) is 49.0 Å². The summed E-state index contributed by atoms with van der Waals surface area (Å²) in [7, 11) is 0. The van der Waals surface area contributed by atoms with E-state index in [4.69, 9.17) is 0 Å². The highest BCUT2D eigenvalue weighted by atomic mass is 16.1. The second-order valence-corrected chi connectivity index (χ2v) is 7.30. The van der Waals surface area contributed by atoms with Gasteiger partial charge in [-0.05, 0) is 48.9 Å². The molecule has 2 atom stereocenters. The van der Waals surface area contributed by atoms with E-state index in [-0.39, 0.29) is 5.56 Å². The van der Waals surface area contributed by atoms with Crippen molar-refractivity contribution in [1.29, 1.82) is 0 Å². The molecule has 0 aromatic carbocycles. The van der Waals surface area contributed by atoms with Crippen LogP contribution in [0, 0.1) is 11.8 Å². The van der Waals surface area contributed by atoms with Crippen LogP contribution in [0.2, 0.25) is 0 Å². The third-order valence-corrected chi connectivity index (χ3v) is 5.44. The molecule has 3 rings (SSSR count). The Labute approximate surface area is 144 Å². The van der Waals surface area contributed by atoms with Crippen LogP contribution in [-0.2, 0) is 13.0 Å². The molecule has 1 unspecified atom stereocenters. The number of nitrogens with zero attached hydrogens (tertiary/aromatic N) is 2. The number of pyridine rings is 2. The predicted octanol–water partition coefficient (Wildman–Crippen LogP) is 3.74. The zero-order chi connectivity index (χ0) is 17.1. The molecule has 2 aromatic heterocycles. The van der Waals surface area contributed by atoms with Gasteiger partial charge in [0.25, 0.3) is 5.56 Å². The number of aromatic nitrogens is 2. The van der Waals surface area contributed by atoms with Crippen molar-refractivity contribution in [3.63, 3.8) is 0 Å². The molecule has 0 aliphatic carbocycles. The Morgan fingerprint density at radius 2 is 2.17 bits per heavy atom. The summed E-state index contributed by atoms with van der Waals surface area (Å²) in [6.45, 7) is 9.91. The predicted molar refractivity (Wildman–Crippen MR) is 99.2 cm³/mol. The van der Waals surface area contributed by atoms with E-state index in [0.29, 0.717) is 0 Å². The SMILES string of the molecule is CCC[C@@H]1CCN(Cc2cnc3cc(CC)c(=O)[nH]c3c2)CC1C.